The van der Waals surface area contributed by atoms with E-state index < -0.39 is 0 Å². The maximum absolute atomic E-state index is 8.67. The third-order valence-corrected chi connectivity index (χ3v) is 2.80. The van der Waals surface area contributed by atoms with Crippen molar-refractivity contribution in [3.8, 4) is 6.07 Å². The Balaban J connectivity index is 2.68. The minimum atomic E-state index is 0.419. The van der Waals surface area contributed by atoms with E-state index in [1.165, 1.54) is 0 Å². The highest BCUT2D eigenvalue weighted by molar-refractivity contribution is 5.42. The number of nitrogens with zero attached hydrogens (tertiary/aromatic N) is 3. The van der Waals surface area contributed by atoms with E-state index in [4.69, 9.17) is 5.26 Å². The van der Waals surface area contributed by atoms with Crippen molar-refractivity contribution >= 4 is 5.69 Å². The first-order valence-corrected chi connectivity index (χ1v) is 6.47. The highest BCUT2D eigenvalue weighted by Gasteiger charge is 2.10. The van der Waals surface area contributed by atoms with Crippen LogP contribution in [0.1, 0.15) is 32.9 Å². The molecule has 0 aromatic carbocycles. The SMILES string of the molecule is CCNc1ccnc(CN(CCC#N)C(C)C)c1. The minimum absolute atomic E-state index is 0.419. The number of pyridine rings is 1. The number of rotatable bonds is 7. The van der Waals surface area contributed by atoms with Gasteiger partial charge >= 0.3 is 0 Å². The molecule has 1 heterocycles. The molecule has 0 aliphatic heterocycles. The molecule has 0 amide bonds. The molecule has 0 saturated carbocycles. The van der Waals surface area contributed by atoms with E-state index in [9.17, 15) is 0 Å². The fourth-order valence-electron chi connectivity index (χ4n) is 1.80. The van der Waals surface area contributed by atoms with Crippen molar-refractivity contribution in [2.75, 3.05) is 18.4 Å². The summed E-state index contributed by atoms with van der Waals surface area (Å²) < 4.78 is 0. The predicted molar refractivity (Wildman–Crippen MR) is 74.2 cm³/mol. The van der Waals surface area contributed by atoms with Crippen LogP contribution in [0.5, 0.6) is 0 Å². The molecule has 4 heteroatoms. The molecule has 0 atom stereocenters. The Morgan fingerprint density at radius 1 is 1.50 bits per heavy atom. The molecule has 98 valence electrons. The van der Waals surface area contributed by atoms with Gasteiger partial charge in [0.25, 0.3) is 0 Å². The molecule has 0 fully saturated rings. The average molecular weight is 246 g/mol. The monoisotopic (exact) mass is 246 g/mol. The van der Waals surface area contributed by atoms with Gasteiger partial charge in [-0.2, -0.15) is 5.26 Å². The van der Waals surface area contributed by atoms with Crippen LogP contribution in [0.3, 0.4) is 0 Å². The Morgan fingerprint density at radius 3 is 2.89 bits per heavy atom. The van der Waals surface area contributed by atoms with E-state index in [0.717, 1.165) is 31.0 Å². The van der Waals surface area contributed by atoms with Crippen LogP contribution in [0.4, 0.5) is 5.69 Å². The van der Waals surface area contributed by atoms with Crippen LogP contribution in [0.2, 0.25) is 0 Å². The topological polar surface area (TPSA) is 52.0 Å². The van der Waals surface area contributed by atoms with Gasteiger partial charge in [0.05, 0.1) is 11.8 Å². The summed E-state index contributed by atoms with van der Waals surface area (Å²) in [5.41, 5.74) is 2.14. The molecule has 1 N–H and O–H groups in total. The van der Waals surface area contributed by atoms with Gasteiger partial charge in [0.15, 0.2) is 0 Å². The summed E-state index contributed by atoms with van der Waals surface area (Å²) in [5.74, 6) is 0. The first-order valence-electron chi connectivity index (χ1n) is 6.47. The summed E-state index contributed by atoms with van der Waals surface area (Å²) in [7, 11) is 0. The minimum Gasteiger partial charge on any atom is -0.385 e. The Labute approximate surface area is 110 Å². The number of nitrogens with one attached hydrogen (secondary N) is 1. The van der Waals surface area contributed by atoms with Gasteiger partial charge in [-0.05, 0) is 32.9 Å². The lowest BCUT2D eigenvalue weighted by atomic mass is 10.2. The first-order chi connectivity index (χ1) is 8.67. The summed E-state index contributed by atoms with van der Waals surface area (Å²) >= 11 is 0. The predicted octanol–water partition coefficient (Wildman–Crippen LogP) is 2.64. The third-order valence-electron chi connectivity index (χ3n) is 2.80. The molecule has 1 aromatic heterocycles. The molecular weight excluding hydrogens is 224 g/mol. The second-order valence-electron chi connectivity index (χ2n) is 4.54. The maximum Gasteiger partial charge on any atom is 0.0635 e. The standard InChI is InChI=1S/C14H22N4/c1-4-16-13-6-8-17-14(10-13)11-18(12(2)3)9-5-7-15/h6,8,10,12H,4-5,9,11H2,1-3H3,(H,16,17). The Kier molecular flexibility index (Phi) is 6.16. The number of aromatic nitrogens is 1. The Morgan fingerprint density at radius 2 is 2.28 bits per heavy atom. The lowest BCUT2D eigenvalue weighted by Gasteiger charge is -2.25. The number of hydrogen-bond donors (Lipinski definition) is 1. The van der Waals surface area contributed by atoms with Crippen LogP contribution in [-0.2, 0) is 6.54 Å². The molecular formula is C14H22N4. The van der Waals surface area contributed by atoms with E-state index in [1.807, 2.05) is 12.3 Å². The molecule has 0 aliphatic carbocycles. The molecule has 4 nitrogen and oxygen atoms in total. The second-order valence-corrected chi connectivity index (χ2v) is 4.54. The van der Waals surface area contributed by atoms with E-state index >= 15 is 0 Å². The van der Waals surface area contributed by atoms with Crippen molar-refractivity contribution in [3.63, 3.8) is 0 Å². The van der Waals surface area contributed by atoms with Crippen LogP contribution >= 0.6 is 0 Å². The van der Waals surface area contributed by atoms with Gasteiger partial charge in [-0.3, -0.25) is 9.88 Å². The smallest absolute Gasteiger partial charge is 0.0635 e. The zero-order chi connectivity index (χ0) is 13.4. The Hall–Kier alpha value is -1.60. The van der Waals surface area contributed by atoms with Crippen LogP contribution in [0, 0.1) is 11.3 Å². The van der Waals surface area contributed by atoms with E-state index in [2.05, 4.69) is 48.1 Å². The number of nitriles is 1. The van der Waals surface area contributed by atoms with Gasteiger partial charge in [-0.25, -0.2) is 0 Å². The third kappa shape index (κ3) is 4.72. The van der Waals surface area contributed by atoms with Gasteiger partial charge in [0.2, 0.25) is 0 Å². The van der Waals surface area contributed by atoms with Gasteiger partial charge in [0.1, 0.15) is 0 Å². The largest absolute Gasteiger partial charge is 0.385 e. The molecule has 1 rings (SSSR count). The quantitative estimate of drug-likeness (QED) is 0.803. The molecule has 0 bridgehead atoms. The van der Waals surface area contributed by atoms with Crippen LogP contribution in [0.15, 0.2) is 18.3 Å². The number of hydrogen-bond acceptors (Lipinski definition) is 4. The van der Waals surface area contributed by atoms with Gasteiger partial charge in [-0.15, -0.1) is 0 Å². The molecule has 0 saturated heterocycles. The van der Waals surface area contributed by atoms with Crippen LogP contribution in [0.25, 0.3) is 0 Å². The molecule has 0 unspecified atom stereocenters. The fraction of sp³-hybridized carbons (Fsp3) is 0.571. The summed E-state index contributed by atoms with van der Waals surface area (Å²) in [6.07, 6.45) is 2.39. The molecule has 0 radical (unpaired) electrons. The lowest BCUT2D eigenvalue weighted by molar-refractivity contribution is 0.215. The number of anilines is 1. The van der Waals surface area contributed by atoms with Gasteiger partial charge in [0, 0.05) is 44.0 Å². The zero-order valence-corrected chi connectivity index (χ0v) is 11.5. The van der Waals surface area contributed by atoms with E-state index in [-0.39, 0.29) is 0 Å². The normalized spacial score (nSPS) is 10.7. The Bertz CT molecular complexity index is 395. The summed E-state index contributed by atoms with van der Waals surface area (Å²) in [6.45, 7) is 8.86. The highest BCUT2D eigenvalue weighted by Crippen LogP contribution is 2.11. The molecule has 18 heavy (non-hydrogen) atoms. The van der Waals surface area contributed by atoms with Crippen molar-refractivity contribution in [1.82, 2.24) is 9.88 Å². The van der Waals surface area contributed by atoms with Crippen molar-refractivity contribution in [2.24, 2.45) is 0 Å². The van der Waals surface area contributed by atoms with Gasteiger partial charge < -0.3 is 5.32 Å². The van der Waals surface area contributed by atoms with Crippen molar-refractivity contribution in [2.45, 2.75) is 39.8 Å². The van der Waals surface area contributed by atoms with Crippen LogP contribution < -0.4 is 5.32 Å². The molecule has 0 aliphatic rings. The van der Waals surface area contributed by atoms with Crippen LogP contribution in [-0.4, -0.2) is 29.0 Å². The second kappa shape index (κ2) is 7.67. The average Bonchev–Trinajstić information content (AvgIpc) is 2.35. The highest BCUT2D eigenvalue weighted by atomic mass is 15.1. The zero-order valence-electron chi connectivity index (χ0n) is 11.5. The summed E-state index contributed by atoms with van der Waals surface area (Å²) in [6, 6.07) is 6.66. The molecule has 0 spiro atoms. The van der Waals surface area contributed by atoms with Crippen molar-refractivity contribution in [3.05, 3.63) is 24.0 Å². The van der Waals surface area contributed by atoms with Crippen molar-refractivity contribution in [1.29, 1.82) is 5.26 Å². The molecule has 1 aromatic rings. The van der Waals surface area contributed by atoms with Gasteiger partial charge in [-0.1, -0.05) is 0 Å². The van der Waals surface area contributed by atoms with E-state index in [0.29, 0.717) is 12.5 Å². The summed E-state index contributed by atoms with van der Waals surface area (Å²) in [5, 5.41) is 12.0. The fourth-order valence-corrected chi connectivity index (χ4v) is 1.80. The van der Waals surface area contributed by atoms with E-state index in [1.54, 1.807) is 0 Å². The lowest BCUT2D eigenvalue weighted by Crippen LogP contribution is -2.31. The van der Waals surface area contributed by atoms with Crippen molar-refractivity contribution < 1.29 is 0 Å². The summed E-state index contributed by atoms with van der Waals surface area (Å²) in [4.78, 5) is 6.65. The maximum atomic E-state index is 8.67. The first kappa shape index (κ1) is 14.5.